The Kier molecular flexibility index (Phi) is 6.16. The molecule has 1 heterocycles. The highest BCUT2D eigenvalue weighted by Crippen LogP contribution is 2.30. The van der Waals surface area contributed by atoms with E-state index in [2.05, 4.69) is 5.32 Å². The van der Waals surface area contributed by atoms with Gasteiger partial charge in [0.2, 0.25) is 5.91 Å². The summed E-state index contributed by atoms with van der Waals surface area (Å²) in [5, 5.41) is 4.70. The van der Waals surface area contributed by atoms with E-state index in [1.165, 1.54) is 12.1 Å². The average Bonchev–Trinajstić information content (AvgIpc) is 2.82. The molecule has 0 radical (unpaired) electrons. The molecule has 0 aliphatic carbocycles. The molecule has 1 aliphatic heterocycles. The highest BCUT2D eigenvalue weighted by atomic mass is 19.1. The number of carbonyl (C=O) groups excluding carboxylic acids is 2. The summed E-state index contributed by atoms with van der Waals surface area (Å²) >= 11 is 0. The first-order valence-corrected chi connectivity index (χ1v) is 10.4. The number of nitrogens with zero attached hydrogens (tertiary/aromatic N) is 1. The number of carbonyl (C=O) groups is 2. The van der Waals surface area contributed by atoms with Gasteiger partial charge in [0.25, 0.3) is 5.91 Å². The Hall–Kier alpha value is -3.41. The topological polar surface area (TPSA) is 58.6 Å². The Morgan fingerprint density at radius 2 is 1.68 bits per heavy atom. The van der Waals surface area contributed by atoms with Crippen LogP contribution in [0, 0.1) is 11.7 Å². The lowest BCUT2D eigenvalue weighted by Gasteiger charge is -2.31. The molecule has 1 fully saturated rings. The summed E-state index contributed by atoms with van der Waals surface area (Å²) in [5.74, 6) is 0.271. The van der Waals surface area contributed by atoms with E-state index in [9.17, 15) is 14.0 Å². The van der Waals surface area contributed by atoms with Crippen LogP contribution in [0.3, 0.4) is 0 Å². The number of hydrogen-bond acceptors (Lipinski definition) is 3. The molecule has 31 heavy (non-hydrogen) atoms. The minimum Gasteiger partial charge on any atom is -0.496 e. The minimum absolute atomic E-state index is 0.0219. The molecule has 4 rings (SSSR count). The summed E-state index contributed by atoms with van der Waals surface area (Å²) in [6.07, 6.45) is 1.24. The number of piperidine rings is 1. The number of rotatable bonds is 5. The number of amides is 2. The van der Waals surface area contributed by atoms with Crippen molar-refractivity contribution >= 4 is 22.6 Å². The lowest BCUT2D eigenvalue weighted by molar-refractivity contribution is -0.126. The Morgan fingerprint density at radius 1 is 1.00 bits per heavy atom. The van der Waals surface area contributed by atoms with Gasteiger partial charge >= 0.3 is 0 Å². The normalized spacial score (nSPS) is 14.5. The lowest BCUT2D eigenvalue weighted by atomic mass is 9.94. The van der Waals surface area contributed by atoms with Gasteiger partial charge in [-0.1, -0.05) is 36.4 Å². The Balaban J connectivity index is 1.37. The number of benzene rings is 3. The molecule has 0 spiro atoms. The molecule has 5 nitrogen and oxygen atoms in total. The van der Waals surface area contributed by atoms with Crippen LogP contribution in [0.2, 0.25) is 0 Å². The lowest BCUT2D eigenvalue weighted by Crippen LogP contribution is -2.43. The fourth-order valence-electron chi connectivity index (χ4n) is 4.09. The van der Waals surface area contributed by atoms with Crippen molar-refractivity contribution in [3.05, 3.63) is 77.6 Å². The molecule has 0 bridgehead atoms. The van der Waals surface area contributed by atoms with Crippen molar-refractivity contribution in [1.29, 1.82) is 0 Å². The smallest absolute Gasteiger partial charge is 0.254 e. The molecule has 160 valence electrons. The first kappa shape index (κ1) is 20.8. The van der Waals surface area contributed by atoms with Gasteiger partial charge in [-0.2, -0.15) is 0 Å². The summed E-state index contributed by atoms with van der Waals surface area (Å²) in [6.45, 7) is 1.44. The Bertz CT molecular complexity index is 1090. The van der Waals surface area contributed by atoms with Crippen LogP contribution >= 0.6 is 0 Å². The van der Waals surface area contributed by atoms with Crippen LogP contribution in [0.15, 0.2) is 60.7 Å². The zero-order chi connectivity index (χ0) is 21.8. The summed E-state index contributed by atoms with van der Waals surface area (Å²) in [4.78, 5) is 27.5. The highest BCUT2D eigenvalue weighted by Gasteiger charge is 2.28. The van der Waals surface area contributed by atoms with E-state index in [0.717, 1.165) is 22.1 Å². The van der Waals surface area contributed by atoms with Gasteiger partial charge in [-0.15, -0.1) is 0 Å². The van der Waals surface area contributed by atoms with E-state index in [0.29, 0.717) is 38.0 Å². The van der Waals surface area contributed by atoms with E-state index in [1.54, 1.807) is 19.2 Å². The SMILES string of the molecule is COc1ccc(C(=O)N2CCC(C(=O)NCc3ccc(F)cc3)CC2)c2ccccc12. The molecule has 1 aliphatic rings. The van der Waals surface area contributed by atoms with E-state index < -0.39 is 0 Å². The van der Waals surface area contributed by atoms with E-state index >= 15 is 0 Å². The van der Waals surface area contributed by atoms with Crippen molar-refractivity contribution in [2.45, 2.75) is 19.4 Å². The fraction of sp³-hybridized carbons (Fsp3) is 0.280. The van der Waals surface area contributed by atoms with Gasteiger partial charge in [0.15, 0.2) is 0 Å². The van der Waals surface area contributed by atoms with Gasteiger partial charge in [0.05, 0.1) is 7.11 Å². The third-order valence-electron chi connectivity index (χ3n) is 5.87. The van der Waals surface area contributed by atoms with Crippen LogP contribution in [-0.2, 0) is 11.3 Å². The molecule has 0 unspecified atom stereocenters. The molecule has 1 saturated heterocycles. The van der Waals surface area contributed by atoms with Crippen molar-refractivity contribution in [2.24, 2.45) is 5.92 Å². The van der Waals surface area contributed by atoms with Crippen molar-refractivity contribution in [2.75, 3.05) is 20.2 Å². The molecule has 3 aromatic carbocycles. The summed E-state index contributed by atoms with van der Waals surface area (Å²) < 4.78 is 18.4. The first-order chi connectivity index (χ1) is 15.1. The third kappa shape index (κ3) is 4.53. The van der Waals surface area contributed by atoms with Crippen LogP contribution in [0.1, 0.15) is 28.8 Å². The zero-order valence-electron chi connectivity index (χ0n) is 17.4. The second-order valence-corrected chi connectivity index (χ2v) is 7.77. The van der Waals surface area contributed by atoms with Gasteiger partial charge in [-0.3, -0.25) is 9.59 Å². The largest absolute Gasteiger partial charge is 0.496 e. The standard InChI is InChI=1S/C25H25FN2O3/c1-31-23-11-10-22(20-4-2-3-5-21(20)23)25(30)28-14-12-18(13-15-28)24(29)27-16-17-6-8-19(26)9-7-17/h2-11,18H,12-16H2,1H3,(H,27,29). The second-order valence-electron chi connectivity index (χ2n) is 7.77. The second kappa shape index (κ2) is 9.16. The van der Waals surface area contributed by atoms with E-state index in [-0.39, 0.29) is 23.5 Å². The molecule has 3 aromatic rings. The summed E-state index contributed by atoms with van der Waals surface area (Å²) in [7, 11) is 1.62. The minimum atomic E-state index is -0.295. The van der Waals surface area contributed by atoms with Crippen molar-refractivity contribution in [3.8, 4) is 5.75 Å². The van der Waals surface area contributed by atoms with Gasteiger partial charge in [-0.05, 0) is 48.1 Å². The zero-order valence-corrected chi connectivity index (χ0v) is 17.4. The molecule has 0 aromatic heterocycles. The van der Waals surface area contributed by atoms with Gasteiger partial charge in [0, 0.05) is 36.5 Å². The molecule has 1 N–H and O–H groups in total. The van der Waals surface area contributed by atoms with Crippen molar-refractivity contribution < 1.29 is 18.7 Å². The Morgan fingerprint density at radius 3 is 2.35 bits per heavy atom. The van der Waals surface area contributed by atoms with Gasteiger partial charge in [-0.25, -0.2) is 4.39 Å². The van der Waals surface area contributed by atoms with Crippen molar-refractivity contribution in [3.63, 3.8) is 0 Å². The molecular formula is C25H25FN2O3. The van der Waals surface area contributed by atoms with E-state index in [1.807, 2.05) is 41.3 Å². The molecule has 2 amide bonds. The van der Waals surface area contributed by atoms with Crippen LogP contribution in [0.25, 0.3) is 10.8 Å². The van der Waals surface area contributed by atoms with Crippen LogP contribution in [0.5, 0.6) is 5.75 Å². The Labute approximate surface area is 180 Å². The predicted octanol–water partition coefficient (Wildman–Crippen LogP) is 4.16. The first-order valence-electron chi connectivity index (χ1n) is 10.4. The number of methoxy groups -OCH3 is 1. The highest BCUT2D eigenvalue weighted by molar-refractivity contribution is 6.08. The molecule has 6 heteroatoms. The number of ether oxygens (including phenoxy) is 1. The number of fused-ring (bicyclic) bond motifs is 1. The van der Waals surface area contributed by atoms with Gasteiger partial charge < -0.3 is 15.0 Å². The summed E-state index contributed by atoms with van der Waals surface area (Å²) in [5.41, 5.74) is 1.50. The monoisotopic (exact) mass is 420 g/mol. The third-order valence-corrected chi connectivity index (χ3v) is 5.87. The average molecular weight is 420 g/mol. The predicted molar refractivity (Wildman–Crippen MR) is 117 cm³/mol. The number of likely N-dealkylation sites (tertiary alicyclic amines) is 1. The van der Waals surface area contributed by atoms with Crippen LogP contribution in [0.4, 0.5) is 4.39 Å². The maximum atomic E-state index is 13.2. The molecular weight excluding hydrogens is 395 g/mol. The number of halogens is 1. The molecule has 0 saturated carbocycles. The molecule has 0 atom stereocenters. The van der Waals surface area contributed by atoms with Crippen molar-refractivity contribution in [1.82, 2.24) is 10.2 Å². The maximum Gasteiger partial charge on any atom is 0.254 e. The number of nitrogens with one attached hydrogen (secondary N) is 1. The number of hydrogen-bond donors (Lipinski definition) is 1. The fourth-order valence-corrected chi connectivity index (χ4v) is 4.09. The maximum absolute atomic E-state index is 13.2. The van der Waals surface area contributed by atoms with Crippen LogP contribution in [-0.4, -0.2) is 36.9 Å². The van der Waals surface area contributed by atoms with Gasteiger partial charge in [0.1, 0.15) is 11.6 Å². The van der Waals surface area contributed by atoms with E-state index in [4.69, 9.17) is 4.74 Å². The summed E-state index contributed by atoms with van der Waals surface area (Å²) in [6, 6.07) is 17.4. The quantitative estimate of drug-likeness (QED) is 0.674. The van der Waals surface area contributed by atoms with Crippen LogP contribution < -0.4 is 10.1 Å².